The van der Waals surface area contributed by atoms with E-state index < -0.39 is 5.91 Å². The molecule has 2 N–H and O–H groups in total. The predicted octanol–water partition coefficient (Wildman–Crippen LogP) is 2.68. The molecule has 0 aliphatic heterocycles. The molecule has 1 aliphatic carbocycles. The topological polar surface area (TPSA) is 84.2 Å². The van der Waals surface area contributed by atoms with Gasteiger partial charge in [0, 0.05) is 17.5 Å². The van der Waals surface area contributed by atoms with Gasteiger partial charge in [0.1, 0.15) is 0 Å². The van der Waals surface area contributed by atoms with Gasteiger partial charge < -0.3 is 4.52 Å². The van der Waals surface area contributed by atoms with Crippen LogP contribution in [0.25, 0.3) is 11.3 Å². The van der Waals surface area contributed by atoms with Crippen LogP contribution in [0.4, 0.5) is 0 Å². The van der Waals surface area contributed by atoms with E-state index in [1.165, 1.54) is 6.42 Å². The molecule has 6 heteroatoms. The van der Waals surface area contributed by atoms with Crippen LogP contribution in [-0.4, -0.2) is 17.0 Å². The first-order valence-electron chi connectivity index (χ1n) is 7.86. The van der Waals surface area contributed by atoms with Crippen LogP contribution in [-0.2, 0) is 4.79 Å². The van der Waals surface area contributed by atoms with Gasteiger partial charge in [-0.05, 0) is 12.8 Å². The molecule has 2 amide bonds. The van der Waals surface area contributed by atoms with E-state index >= 15 is 0 Å². The smallest absolute Gasteiger partial charge is 0.291 e. The fourth-order valence-corrected chi connectivity index (χ4v) is 2.77. The van der Waals surface area contributed by atoms with Gasteiger partial charge in [-0.2, -0.15) is 0 Å². The van der Waals surface area contributed by atoms with E-state index in [4.69, 9.17) is 4.52 Å². The average Bonchev–Trinajstić information content (AvgIpc) is 3.11. The molecule has 0 saturated heterocycles. The number of aromatic nitrogens is 1. The number of nitrogens with one attached hydrogen (secondary N) is 2. The third-order valence-electron chi connectivity index (χ3n) is 4.08. The lowest BCUT2D eigenvalue weighted by molar-refractivity contribution is -0.126. The Morgan fingerprint density at radius 1 is 1.04 bits per heavy atom. The minimum absolute atomic E-state index is 0.0127. The second kappa shape index (κ2) is 7.09. The first-order chi connectivity index (χ1) is 11.2. The normalized spacial score (nSPS) is 15.1. The zero-order valence-electron chi connectivity index (χ0n) is 12.7. The first kappa shape index (κ1) is 15.3. The number of amides is 2. The summed E-state index contributed by atoms with van der Waals surface area (Å²) in [5.74, 6) is -0.125. The molecule has 1 aromatic carbocycles. The molecule has 23 heavy (non-hydrogen) atoms. The summed E-state index contributed by atoms with van der Waals surface area (Å²) in [5, 5.41) is 3.74. The van der Waals surface area contributed by atoms with E-state index in [2.05, 4.69) is 16.0 Å². The number of hydrogen-bond donors (Lipinski definition) is 2. The minimum Gasteiger partial charge on any atom is -0.355 e. The molecule has 1 aromatic heterocycles. The standard InChI is InChI=1S/C17H19N3O3/c21-16(13-9-5-2-6-10-13)18-19-17(22)14-11-15(23-20-14)12-7-3-1-4-8-12/h1,3-4,7-8,11,13H,2,5-6,9-10H2,(H,18,21)(H,19,22). The highest BCUT2D eigenvalue weighted by atomic mass is 16.5. The summed E-state index contributed by atoms with van der Waals surface area (Å²) in [5.41, 5.74) is 5.85. The third-order valence-corrected chi connectivity index (χ3v) is 4.08. The lowest BCUT2D eigenvalue weighted by Crippen LogP contribution is -2.45. The summed E-state index contributed by atoms with van der Waals surface area (Å²) < 4.78 is 5.17. The van der Waals surface area contributed by atoms with E-state index in [0.717, 1.165) is 31.2 Å². The summed E-state index contributed by atoms with van der Waals surface area (Å²) >= 11 is 0. The number of benzene rings is 1. The van der Waals surface area contributed by atoms with Crippen molar-refractivity contribution < 1.29 is 14.1 Å². The largest absolute Gasteiger partial charge is 0.355 e. The van der Waals surface area contributed by atoms with E-state index in [1.807, 2.05) is 30.3 Å². The molecule has 0 radical (unpaired) electrons. The third kappa shape index (κ3) is 3.77. The van der Waals surface area contributed by atoms with Crippen molar-refractivity contribution in [2.24, 2.45) is 5.92 Å². The highest BCUT2D eigenvalue weighted by Crippen LogP contribution is 2.23. The zero-order valence-corrected chi connectivity index (χ0v) is 12.7. The summed E-state index contributed by atoms with van der Waals surface area (Å²) in [4.78, 5) is 24.0. The van der Waals surface area contributed by atoms with Crippen molar-refractivity contribution in [3.63, 3.8) is 0 Å². The van der Waals surface area contributed by atoms with Gasteiger partial charge in [0.25, 0.3) is 5.91 Å². The number of hydrazine groups is 1. The van der Waals surface area contributed by atoms with Gasteiger partial charge in [-0.25, -0.2) is 0 Å². The van der Waals surface area contributed by atoms with Gasteiger partial charge in [0.2, 0.25) is 5.91 Å². The highest BCUT2D eigenvalue weighted by molar-refractivity contribution is 5.94. The fraction of sp³-hybridized carbons (Fsp3) is 0.353. The number of hydrogen-bond acceptors (Lipinski definition) is 4. The van der Waals surface area contributed by atoms with Crippen LogP contribution in [0.1, 0.15) is 42.6 Å². The lowest BCUT2D eigenvalue weighted by Gasteiger charge is -2.20. The Bertz CT molecular complexity index is 675. The van der Waals surface area contributed by atoms with Crippen molar-refractivity contribution in [1.82, 2.24) is 16.0 Å². The molecule has 6 nitrogen and oxygen atoms in total. The van der Waals surface area contributed by atoms with E-state index in [-0.39, 0.29) is 17.5 Å². The van der Waals surface area contributed by atoms with Crippen LogP contribution < -0.4 is 10.9 Å². The molecule has 1 saturated carbocycles. The van der Waals surface area contributed by atoms with Gasteiger partial charge in [-0.3, -0.25) is 20.4 Å². The molecule has 2 aromatic rings. The van der Waals surface area contributed by atoms with Crippen molar-refractivity contribution in [3.8, 4) is 11.3 Å². The molecule has 0 spiro atoms. The Labute approximate surface area is 134 Å². The number of carbonyl (C=O) groups is 2. The minimum atomic E-state index is -0.486. The van der Waals surface area contributed by atoms with Gasteiger partial charge in [0.15, 0.2) is 11.5 Å². The number of nitrogens with zero attached hydrogens (tertiary/aromatic N) is 1. The molecule has 1 heterocycles. The van der Waals surface area contributed by atoms with Gasteiger partial charge in [0.05, 0.1) is 0 Å². The van der Waals surface area contributed by atoms with Crippen LogP contribution in [0.15, 0.2) is 40.9 Å². The zero-order chi connectivity index (χ0) is 16.1. The summed E-state index contributed by atoms with van der Waals surface area (Å²) in [6, 6.07) is 10.9. The van der Waals surface area contributed by atoms with Crippen molar-refractivity contribution in [1.29, 1.82) is 0 Å². The molecule has 1 aliphatic rings. The Hall–Kier alpha value is -2.63. The maximum atomic E-state index is 12.0. The van der Waals surface area contributed by atoms with Crippen LogP contribution >= 0.6 is 0 Å². The SMILES string of the molecule is O=C(NNC(=O)C1CCCCC1)c1cc(-c2ccccc2)on1. The maximum Gasteiger partial charge on any atom is 0.291 e. The maximum absolute atomic E-state index is 12.0. The Kier molecular flexibility index (Phi) is 4.71. The van der Waals surface area contributed by atoms with E-state index in [9.17, 15) is 9.59 Å². The van der Waals surface area contributed by atoms with Crippen LogP contribution in [0.2, 0.25) is 0 Å². The number of rotatable bonds is 3. The molecule has 0 atom stereocenters. The summed E-state index contributed by atoms with van der Waals surface area (Å²) in [6.45, 7) is 0. The molecule has 3 rings (SSSR count). The first-order valence-corrected chi connectivity index (χ1v) is 7.86. The van der Waals surface area contributed by atoms with Crippen LogP contribution in [0, 0.1) is 5.92 Å². The monoisotopic (exact) mass is 313 g/mol. The second-order valence-corrected chi connectivity index (χ2v) is 5.72. The average molecular weight is 313 g/mol. The van der Waals surface area contributed by atoms with Crippen LogP contribution in [0.3, 0.4) is 0 Å². The van der Waals surface area contributed by atoms with Crippen molar-refractivity contribution >= 4 is 11.8 Å². The quantitative estimate of drug-likeness (QED) is 0.853. The predicted molar refractivity (Wildman–Crippen MR) is 84.1 cm³/mol. The Morgan fingerprint density at radius 2 is 1.78 bits per heavy atom. The van der Waals surface area contributed by atoms with Crippen LogP contribution in [0.5, 0.6) is 0 Å². The van der Waals surface area contributed by atoms with Crippen molar-refractivity contribution in [2.45, 2.75) is 32.1 Å². The molecule has 0 bridgehead atoms. The van der Waals surface area contributed by atoms with Gasteiger partial charge in [-0.15, -0.1) is 0 Å². The second-order valence-electron chi connectivity index (χ2n) is 5.72. The molecule has 0 unspecified atom stereocenters. The lowest BCUT2D eigenvalue weighted by atomic mass is 9.89. The Balaban J connectivity index is 1.56. The summed E-state index contributed by atoms with van der Waals surface area (Å²) in [7, 11) is 0. The van der Waals surface area contributed by atoms with Gasteiger partial charge >= 0.3 is 0 Å². The van der Waals surface area contributed by atoms with Gasteiger partial charge in [-0.1, -0.05) is 54.8 Å². The molecule has 120 valence electrons. The van der Waals surface area contributed by atoms with E-state index in [1.54, 1.807) is 6.07 Å². The Morgan fingerprint density at radius 3 is 2.52 bits per heavy atom. The molecular formula is C17H19N3O3. The van der Waals surface area contributed by atoms with E-state index in [0.29, 0.717) is 5.76 Å². The number of carbonyl (C=O) groups excluding carboxylic acids is 2. The van der Waals surface area contributed by atoms with Crippen molar-refractivity contribution in [3.05, 3.63) is 42.1 Å². The fourth-order valence-electron chi connectivity index (χ4n) is 2.77. The highest BCUT2D eigenvalue weighted by Gasteiger charge is 2.22. The van der Waals surface area contributed by atoms with Crippen molar-refractivity contribution in [2.75, 3.05) is 0 Å². The summed E-state index contributed by atoms with van der Waals surface area (Å²) in [6.07, 6.45) is 5.07. The molecule has 1 fully saturated rings. The molecular weight excluding hydrogens is 294 g/mol.